The van der Waals surface area contributed by atoms with E-state index in [4.69, 9.17) is 0 Å². The molecule has 7 nitrogen and oxygen atoms in total. The zero-order valence-electron chi connectivity index (χ0n) is 13.1. The minimum absolute atomic E-state index is 0.00980. The quantitative estimate of drug-likeness (QED) is 0.835. The van der Waals surface area contributed by atoms with Crippen LogP contribution in [-0.2, 0) is 26.0 Å². The molecule has 1 aromatic rings. The second kappa shape index (κ2) is 5.61. The van der Waals surface area contributed by atoms with Crippen LogP contribution in [-0.4, -0.2) is 52.3 Å². The number of amides is 2. The largest absolute Gasteiger partial charge is 0.345 e. The lowest BCUT2D eigenvalue weighted by atomic mass is 10.1. The van der Waals surface area contributed by atoms with Gasteiger partial charge in [-0.25, -0.2) is 13.1 Å². The maximum atomic E-state index is 12.4. The summed E-state index contributed by atoms with van der Waals surface area (Å²) in [7, 11) is -0.261. The first kappa shape index (κ1) is 15.9. The summed E-state index contributed by atoms with van der Waals surface area (Å²) >= 11 is 0. The Balaban J connectivity index is 1.72. The molecule has 0 spiro atoms. The predicted molar refractivity (Wildman–Crippen MR) is 84.5 cm³/mol. The highest BCUT2D eigenvalue weighted by Gasteiger charge is 2.29. The fraction of sp³-hybridized carbons (Fsp3) is 0.467. The number of benzene rings is 1. The molecule has 0 aliphatic carbocycles. The molecule has 0 aromatic heterocycles. The van der Waals surface area contributed by atoms with Crippen LogP contribution in [0.15, 0.2) is 23.1 Å². The van der Waals surface area contributed by atoms with Gasteiger partial charge in [0.1, 0.15) is 0 Å². The second-order valence-corrected chi connectivity index (χ2v) is 7.88. The van der Waals surface area contributed by atoms with Gasteiger partial charge >= 0.3 is 0 Å². The van der Waals surface area contributed by atoms with Crippen LogP contribution in [0, 0.1) is 5.92 Å². The molecule has 1 atom stereocenters. The Kier molecular flexibility index (Phi) is 3.89. The number of sulfonamides is 1. The maximum absolute atomic E-state index is 12.4. The van der Waals surface area contributed by atoms with Crippen molar-refractivity contribution in [2.24, 2.45) is 5.92 Å². The third-order valence-electron chi connectivity index (χ3n) is 4.42. The van der Waals surface area contributed by atoms with E-state index in [1.807, 2.05) is 0 Å². The lowest BCUT2D eigenvalue weighted by Gasteiger charge is -2.13. The van der Waals surface area contributed by atoms with Crippen molar-refractivity contribution in [2.75, 3.05) is 32.1 Å². The van der Waals surface area contributed by atoms with Crippen LogP contribution in [0.2, 0.25) is 0 Å². The van der Waals surface area contributed by atoms with E-state index in [-0.39, 0.29) is 35.6 Å². The fourth-order valence-electron chi connectivity index (χ4n) is 3.02. The normalized spacial score (nSPS) is 21.2. The van der Waals surface area contributed by atoms with Gasteiger partial charge in [-0.15, -0.1) is 0 Å². The molecule has 124 valence electrons. The number of hydrogen-bond donors (Lipinski definition) is 1. The lowest BCUT2D eigenvalue weighted by Crippen LogP contribution is -2.30. The van der Waals surface area contributed by atoms with Gasteiger partial charge in [0.2, 0.25) is 21.8 Å². The average Bonchev–Trinajstić information content (AvgIpc) is 2.97. The first-order valence-corrected chi connectivity index (χ1v) is 8.89. The summed E-state index contributed by atoms with van der Waals surface area (Å²) in [4.78, 5) is 26.4. The van der Waals surface area contributed by atoms with Gasteiger partial charge in [0.15, 0.2) is 0 Å². The molecule has 1 unspecified atom stereocenters. The third kappa shape index (κ3) is 2.96. The average molecular weight is 337 g/mol. The highest BCUT2D eigenvalue weighted by molar-refractivity contribution is 7.89. The molecule has 0 saturated carbocycles. The Morgan fingerprint density at radius 1 is 1.22 bits per heavy atom. The zero-order chi connectivity index (χ0) is 16.8. The van der Waals surface area contributed by atoms with Crippen molar-refractivity contribution >= 4 is 27.5 Å². The van der Waals surface area contributed by atoms with E-state index in [2.05, 4.69) is 4.72 Å². The summed E-state index contributed by atoms with van der Waals surface area (Å²) in [5, 5.41) is 0. The SMILES string of the molecule is CN1CC(CNS(=O)(=O)c2ccc3c(c2)CC(=O)N3C)CC1=O. The number of nitrogens with zero attached hydrogens (tertiary/aromatic N) is 2. The van der Waals surface area contributed by atoms with Crippen LogP contribution in [0.5, 0.6) is 0 Å². The summed E-state index contributed by atoms with van der Waals surface area (Å²) in [6, 6.07) is 4.70. The lowest BCUT2D eigenvalue weighted by molar-refractivity contribution is -0.126. The van der Waals surface area contributed by atoms with Gasteiger partial charge in [0, 0.05) is 39.3 Å². The van der Waals surface area contributed by atoms with Crippen LogP contribution >= 0.6 is 0 Å². The van der Waals surface area contributed by atoms with Gasteiger partial charge in [-0.3, -0.25) is 9.59 Å². The van der Waals surface area contributed by atoms with Crippen molar-refractivity contribution in [3.63, 3.8) is 0 Å². The van der Waals surface area contributed by atoms with Crippen LogP contribution < -0.4 is 9.62 Å². The number of anilines is 1. The van der Waals surface area contributed by atoms with Gasteiger partial charge in [-0.1, -0.05) is 0 Å². The smallest absolute Gasteiger partial charge is 0.240 e. The number of carbonyl (C=O) groups is 2. The third-order valence-corrected chi connectivity index (χ3v) is 5.84. The van der Waals surface area contributed by atoms with E-state index in [1.54, 1.807) is 31.1 Å². The monoisotopic (exact) mass is 337 g/mol. The molecule has 23 heavy (non-hydrogen) atoms. The number of likely N-dealkylation sites (tertiary alicyclic amines) is 1. The second-order valence-electron chi connectivity index (χ2n) is 6.12. The molecule has 1 fully saturated rings. The van der Waals surface area contributed by atoms with E-state index in [1.165, 1.54) is 11.0 Å². The molecule has 8 heteroatoms. The molecule has 2 aliphatic heterocycles. The highest BCUT2D eigenvalue weighted by Crippen LogP contribution is 2.29. The molecule has 0 bridgehead atoms. The van der Waals surface area contributed by atoms with Crippen LogP contribution in [0.3, 0.4) is 0 Å². The number of carbonyl (C=O) groups excluding carboxylic acids is 2. The molecule has 2 heterocycles. The van der Waals surface area contributed by atoms with Crippen molar-refractivity contribution < 1.29 is 18.0 Å². The van der Waals surface area contributed by atoms with Crippen molar-refractivity contribution in [1.82, 2.24) is 9.62 Å². The molecule has 1 N–H and O–H groups in total. The fourth-order valence-corrected chi connectivity index (χ4v) is 4.18. The molecule has 2 amide bonds. The van der Waals surface area contributed by atoms with Crippen LogP contribution in [0.4, 0.5) is 5.69 Å². The van der Waals surface area contributed by atoms with Crippen LogP contribution in [0.25, 0.3) is 0 Å². The predicted octanol–water partition coefficient (Wildman–Crippen LogP) is -0.0379. The summed E-state index contributed by atoms with van der Waals surface area (Å²) in [6.45, 7) is 0.791. The topological polar surface area (TPSA) is 86.8 Å². The first-order valence-electron chi connectivity index (χ1n) is 7.41. The number of hydrogen-bond acceptors (Lipinski definition) is 4. The van der Waals surface area contributed by atoms with Gasteiger partial charge in [-0.05, 0) is 29.7 Å². The summed E-state index contributed by atoms with van der Waals surface area (Å²) in [5.74, 6) is -0.0206. The van der Waals surface area contributed by atoms with Gasteiger partial charge in [0.25, 0.3) is 0 Å². The Bertz CT molecular complexity index is 775. The maximum Gasteiger partial charge on any atom is 0.240 e. The Morgan fingerprint density at radius 3 is 2.61 bits per heavy atom. The molecule has 3 rings (SSSR count). The minimum atomic E-state index is -3.65. The summed E-state index contributed by atoms with van der Waals surface area (Å²) in [6.07, 6.45) is 0.583. The van der Waals surface area contributed by atoms with E-state index >= 15 is 0 Å². The summed E-state index contributed by atoms with van der Waals surface area (Å²) < 4.78 is 27.4. The van der Waals surface area contributed by atoms with E-state index in [0.29, 0.717) is 13.0 Å². The van der Waals surface area contributed by atoms with Crippen LogP contribution in [0.1, 0.15) is 12.0 Å². The zero-order valence-corrected chi connectivity index (χ0v) is 13.9. The standard InChI is InChI=1S/C15H19N3O4S/c1-17-9-10(5-14(17)19)8-16-23(21,22)12-3-4-13-11(6-12)7-15(20)18(13)2/h3-4,6,10,16H,5,7-9H2,1-2H3. The van der Waals surface area contributed by atoms with E-state index in [0.717, 1.165) is 11.3 Å². The van der Waals surface area contributed by atoms with Gasteiger partial charge < -0.3 is 9.80 Å². The number of nitrogens with one attached hydrogen (secondary N) is 1. The molecule has 1 aromatic carbocycles. The number of rotatable bonds is 4. The highest BCUT2D eigenvalue weighted by atomic mass is 32.2. The number of likely N-dealkylation sites (N-methyl/N-ethyl adjacent to an activating group) is 1. The molecule has 1 saturated heterocycles. The van der Waals surface area contributed by atoms with Crippen molar-refractivity contribution in [2.45, 2.75) is 17.7 Å². The van der Waals surface area contributed by atoms with Crippen molar-refractivity contribution in [3.05, 3.63) is 23.8 Å². The van der Waals surface area contributed by atoms with E-state index < -0.39 is 10.0 Å². The summed E-state index contributed by atoms with van der Waals surface area (Å²) in [5.41, 5.74) is 1.47. The first-order chi connectivity index (χ1) is 10.8. The minimum Gasteiger partial charge on any atom is -0.345 e. The Hall–Kier alpha value is -1.93. The van der Waals surface area contributed by atoms with E-state index in [9.17, 15) is 18.0 Å². The van der Waals surface area contributed by atoms with Crippen molar-refractivity contribution in [1.29, 1.82) is 0 Å². The van der Waals surface area contributed by atoms with Crippen molar-refractivity contribution in [3.8, 4) is 0 Å². The molecule has 0 radical (unpaired) electrons. The Labute approximate surface area is 135 Å². The molecular formula is C15H19N3O4S. The Morgan fingerprint density at radius 2 is 1.96 bits per heavy atom. The molecule has 2 aliphatic rings. The molecular weight excluding hydrogens is 318 g/mol. The van der Waals surface area contributed by atoms with Gasteiger partial charge in [-0.2, -0.15) is 0 Å². The van der Waals surface area contributed by atoms with Gasteiger partial charge in [0.05, 0.1) is 11.3 Å². The number of fused-ring (bicyclic) bond motifs is 1.